The highest BCUT2D eigenvalue weighted by atomic mass is 32.2. The van der Waals surface area contributed by atoms with Crippen LogP contribution in [0.5, 0.6) is 0 Å². The topological polar surface area (TPSA) is 34.9 Å². The number of imidazole rings is 1. The average molecular weight is 314 g/mol. The molecule has 4 heteroatoms. The molecule has 1 heterocycles. The number of carbonyl (C=O) groups excluding carboxylic acids is 1. The van der Waals surface area contributed by atoms with Gasteiger partial charge in [-0.3, -0.25) is 9.36 Å². The fourth-order valence-electron chi connectivity index (χ4n) is 2.80. The third-order valence-corrected chi connectivity index (χ3v) is 5.49. The van der Waals surface area contributed by atoms with Crippen LogP contribution in [0.15, 0.2) is 41.8 Å². The van der Waals surface area contributed by atoms with E-state index in [9.17, 15) is 4.79 Å². The van der Waals surface area contributed by atoms with Gasteiger partial charge in [-0.2, -0.15) is 0 Å². The second-order valence-electron chi connectivity index (χ2n) is 6.14. The highest BCUT2D eigenvalue weighted by Crippen LogP contribution is 2.32. The van der Waals surface area contributed by atoms with E-state index in [1.54, 1.807) is 11.8 Å². The Morgan fingerprint density at radius 2 is 2.00 bits per heavy atom. The van der Waals surface area contributed by atoms with Crippen molar-refractivity contribution in [3.05, 3.63) is 42.2 Å². The molecule has 1 fully saturated rings. The summed E-state index contributed by atoms with van der Waals surface area (Å²) in [6, 6.07) is 8.59. The van der Waals surface area contributed by atoms with Gasteiger partial charge in [0.2, 0.25) is 0 Å². The van der Waals surface area contributed by atoms with Gasteiger partial charge in [0, 0.05) is 24.5 Å². The molecule has 0 N–H and O–H groups in total. The molecule has 1 aromatic carbocycles. The first-order chi connectivity index (χ1) is 10.6. The van der Waals surface area contributed by atoms with E-state index in [4.69, 9.17) is 0 Å². The summed E-state index contributed by atoms with van der Waals surface area (Å²) >= 11 is 1.61. The van der Waals surface area contributed by atoms with E-state index < -0.39 is 0 Å². The zero-order chi connectivity index (χ0) is 15.5. The minimum absolute atomic E-state index is 0.0739. The molecular formula is C18H22N2OS. The van der Waals surface area contributed by atoms with Crippen LogP contribution < -0.4 is 0 Å². The molecule has 3 nitrogen and oxygen atoms in total. The summed E-state index contributed by atoms with van der Waals surface area (Å²) in [5, 5.41) is 0.988. The normalized spacial score (nSPS) is 18.9. The molecule has 1 aliphatic rings. The molecule has 1 saturated carbocycles. The molecule has 116 valence electrons. The molecule has 22 heavy (non-hydrogen) atoms. The van der Waals surface area contributed by atoms with Crippen molar-refractivity contribution < 1.29 is 4.79 Å². The van der Waals surface area contributed by atoms with Gasteiger partial charge in [-0.15, -0.1) is 0 Å². The van der Waals surface area contributed by atoms with Crippen LogP contribution in [0.1, 0.15) is 51.0 Å². The number of benzene rings is 1. The first-order valence-corrected chi connectivity index (χ1v) is 8.86. The van der Waals surface area contributed by atoms with Crippen molar-refractivity contribution in [2.45, 2.75) is 55.9 Å². The van der Waals surface area contributed by atoms with Gasteiger partial charge in [-0.1, -0.05) is 44.2 Å². The van der Waals surface area contributed by atoms with Crippen molar-refractivity contribution in [2.75, 3.05) is 0 Å². The number of aromatic nitrogens is 2. The van der Waals surface area contributed by atoms with Gasteiger partial charge in [0.05, 0.1) is 5.25 Å². The van der Waals surface area contributed by atoms with Crippen molar-refractivity contribution in [3.8, 4) is 5.69 Å². The fourth-order valence-corrected chi connectivity index (χ4v) is 3.99. The SMILES string of the molecule is CC(C)c1ccc(-n2ccnc2SC2CCCCC2=O)cc1. The Balaban J connectivity index is 1.80. The number of nitrogens with zero attached hydrogens (tertiary/aromatic N) is 2. The highest BCUT2D eigenvalue weighted by Gasteiger charge is 2.24. The zero-order valence-corrected chi connectivity index (χ0v) is 14.0. The fraction of sp³-hybridized carbons (Fsp3) is 0.444. The van der Waals surface area contributed by atoms with Crippen LogP contribution in [0.4, 0.5) is 0 Å². The maximum absolute atomic E-state index is 12.0. The summed E-state index contributed by atoms with van der Waals surface area (Å²) in [5.74, 6) is 0.909. The van der Waals surface area contributed by atoms with E-state index in [-0.39, 0.29) is 5.25 Å². The third-order valence-electron chi connectivity index (χ3n) is 4.19. The van der Waals surface area contributed by atoms with Gasteiger partial charge in [0.25, 0.3) is 0 Å². The number of thioether (sulfide) groups is 1. The van der Waals surface area contributed by atoms with Crippen LogP contribution >= 0.6 is 11.8 Å². The van der Waals surface area contributed by atoms with Gasteiger partial charge < -0.3 is 0 Å². The van der Waals surface area contributed by atoms with Gasteiger partial charge >= 0.3 is 0 Å². The lowest BCUT2D eigenvalue weighted by molar-refractivity contribution is -0.119. The quantitative estimate of drug-likeness (QED) is 0.827. The van der Waals surface area contributed by atoms with Crippen LogP contribution in [0, 0.1) is 0 Å². The van der Waals surface area contributed by atoms with Crippen LogP contribution in [-0.4, -0.2) is 20.6 Å². The lowest BCUT2D eigenvalue weighted by Crippen LogP contribution is -2.21. The van der Waals surface area contributed by atoms with Crippen molar-refractivity contribution in [2.24, 2.45) is 0 Å². The van der Waals surface area contributed by atoms with Gasteiger partial charge in [0.1, 0.15) is 5.78 Å². The molecule has 2 aromatic rings. The second-order valence-corrected chi connectivity index (χ2v) is 7.31. The van der Waals surface area contributed by atoms with Gasteiger partial charge in [-0.05, 0) is 36.5 Å². The van der Waals surface area contributed by atoms with E-state index in [0.29, 0.717) is 11.7 Å². The second kappa shape index (κ2) is 6.69. The Morgan fingerprint density at radius 1 is 1.23 bits per heavy atom. The lowest BCUT2D eigenvalue weighted by atomic mass is 9.99. The molecule has 0 aliphatic heterocycles. The molecule has 0 radical (unpaired) electrons. The Labute approximate surface area is 136 Å². The summed E-state index contributed by atoms with van der Waals surface area (Å²) in [6.45, 7) is 4.39. The minimum Gasteiger partial charge on any atom is -0.298 e. The number of hydrogen-bond acceptors (Lipinski definition) is 3. The molecule has 0 spiro atoms. The van der Waals surface area contributed by atoms with Crippen molar-refractivity contribution >= 4 is 17.5 Å². The highest BCUT2D eigenvalue weighted by molar-refractivity contribution is 8.00. The van der Waals surface area contributed by atoms with Crippen molar-refractivity contribution in [1.29, 1.82) is 0 Å². The van der Waals surface area contributed by atoms with E-state index in [1.807, 2.05) is 12.4 Å². The molecule has 1 unspecified atom stereocenters. The molecule has 0 saturated heterocycles. The standard InChI is InChI=1S/C18H22N2OS/c1-13(2)14-7-9-15(10-8-14)20-12-11-19-18(20)22-17-6-4-3-5-16(17)21/h7-13,17H,3-6H2,1-2H3. The summed E-state index contributed by atoms with van der Waals surface area (Å²) in [6.07, 6.45) is 7.67. The van der Waals surface area contributed by atoms with Gasteiger partial charge in [0.15, 0.2) is 5.16 Å². The largest absolute Gasteiger partial charge is 0.298 e. The first kappa shape index (κ1) is 15.3. The van der Waals surface area contributed by atoms with Crippen molar-refractivity contribution in [1.82, 2.24) is 9.55 Å². The number of carbonyl (C=O) groups is 1. The smallest absolute Gasteiger partial charge is 0.173 e. The zero-order valence-electron chi connectivity index (χ0n) is 13.2. The van der Waals surface area contributed by atoms with Crippen LogP contribution in [0.3, 0.4) is 0 Å². The predicted octanol–water partition coefficient (Wildman–Crippen LogP) is 4.60. The maximum Gasteiger partial charge on any atom is 0.173 e. The summed E-state index contributed by atoms with van der Waals surface area (Å²) in [5.41, 5.74) is 2.44. The van der Waals surface area contributed by atoms with E-state index in [0.717, 1.165) is 36.5 Å². The molecule has 3 rings (SSSR count). The summed E-state index contributed by atoms with van der Waals surface area (Å²) in [7, 11) is 0. The number of ketones is 1. The number of hydrogen-bond donors (Lipinski definition) is 0. The average Bonchev–Trinajstić information content (AvgIpc) is 2.98. The van der Waals surface area contributed by atoms with E-state index >= 15 is 0 Å². The van der Waals surface area contributed by atoms with Crippen LogP contribution in [0.2, 0.25) is 0 Å². The third kappa shape index (κ3) is 3.27. The summed E-state index contributed by atoms with van der Waals surface area (Å²) < 4.78 is 2.08. The summed E-state index contributed by atoms with van der Waals surface area (Å²) in [4.78, 5) is 16.5. The Hall–Kier alpha value is -1.55. The Morgan fingerprint density at radius 3 is 2.68 bits per heavy atom. The first-order valence-electron chi connectivity index (χ1n) is 7.98. The minimum atomic E-state index is 0.0739. The molecule has 1 aromatic heterocycles. The lowest BCUT2D eigenvalue weighted by Gasteiger charge is -2.20. The number of rotatable bonds is 4. The number of Topliss-reactive ketones (excluding diaryl/α,β-unsaturated/α-hetero) is 1. The van der Waals surface area contributed by atoms with E-state index in [1.165, 1.54) is 5.56 Å². The Kier molecular flexibility index (Phi) is 4.67. The molecule has 1 atom stereocenters. The van der Waals surface area contributed by atoms with E-state index in [2.05, 4.69) is 47.7 Å². The van der Waals surface area contributed by atoms with Crippen LogP contribution in [0.25, 0.3) is 5.69 Å². The molecule has 0 bridgehead atoms. The molecule has 0 amide bonds. The maximum atomic E-state index is 12.0. The van der Waals surface area contributed by atoms with Gasteiger partial charge in [-0.25, -0.2) is 4.98 Å². The van der Waals surface area contributed by atoms with Crippen LogP contribution in [-0.2, 0) is 4.79 Å². The van der Waals surface area contributed by atoms with Crippen molar-refractivity contribution in [3.63, 3.8) is 0 Å². The monoisotopic (exact) mass is 314 g/mol. The predicted molar refractivity (Wildman–Crippen MR) is 90.8 cm³/mol. The Bertz CT molecular complexity index is 645. The molecular weight excluding hydrogens is 292 g/mol. The molecule has 1 aliphatic carbocycles.